The number of aryl methyl sites for hydroxylation is 2. The smallest absolute Gasteiger partial charge is 0.341 e. The molecule has 4 rings (SSSR count). The van der Waals surface area contributed by atoms with Gasteiger partial charge < -0.3 is 19.7 Å². The van der Waals surface area contributed by atoms with Gasteiger partial charge in [0.05, 0.1) is 40.8 Å². The largest absolute Gasteiger partial charge is 0.464 e. The van der Waals surface area contributed by atoms with Crippen LogP contribution in [0.1, 0.15) is 67.8 Å². The van der Waals surface area contributed by atoms with Crippen molar-refractivity contribution in [2.75, 3.05) is 23.8 Å². The summed E-state index contributed by atoms with van der Waals surface area (Å²) in [7, 11) is -4.01. The molecule has 54 heavy (non-hydrogen) atoms. The van der Waals surface area contributed by atoms with Crippen LogP contribution < -0.4 is 21.5 Å². The van der Waals surface area contributed by atoms with E-state index in [1.165, 1.54) is 16.7 Å². The number of anilines is 1. The van der Waals surface area contributed by atoms with Crippen molar-refractivity contribution in [2.45, 2.75) is 78.9 Å². The molecule has 4 aromatic rings. The molecule has 0 aliphatic rings. The third kappa shape index (κ3) is 9.77. The summed E-state index contributed by atoms with van der Waals surface area (Å²) >= 11 is 0. The summed E-state index contributed by atoms with van der Waals surface area (Å²) in [4.78, 5) is 71.3. The first-order valence-electron chi connectivity index (χ1n) is 16.9. The Morgan fingerprint density at radius 1 is 1.13 bits per heavy atom. The molecular weight excluding hydrogens is 726 g/mol. The maximum absolute atomic E-state index is 15.6. The van der Waals surface area contributed by atoms with Crippen molar-refractivity contribution >= 4 is 44.3 Å². The SMILES string of the molecule is C#CCN(Cc1cc2c(=O)n(COC(=O)C(C)(C)C)c(C)nc2cc1C)c1ccc(C(=O)N[C@@H](CCCS(=O)(=O)c2n[nH]c(=O)[nH]2)C(=O)OCC)c(F)c1. The lowest BCUT2D eigenvalue weighted by molar-refractivity contribution is -0.157. The van der Waals surface area contributed by atoms with E-state index >= 15 is 4.39 Å². The molecule has 0 radical (unpaired) electrons. The third-order valence-corrected chi connectivity index (χ3v) is 9.91. The summed E-state index contributed by atoms with van der Waals surface area (Å²) < 4.78 is 52.3. The normalized spacial score (nSPS) is 12.2. The lowest BCUT2D eigenvalue weighted by Crippen LogP contribution is -2.42. The zero-order valence-corrected chi connectivity index (χ0v) is 31.6. The predicted molar refractivity (Wildman–Crippen MR) is 196 cm³/mol. The number of carbonyl (C=O) groups excluding carboxylic acids is 3. The molecule has 0 spiro atoms. The molecule has 0 saturated carbocycles. The van der Waals surface area contributed by atoms with Crippen molar-refractivity contribution in [3.05, 3.63) is 79.5 Å². The number of aromatic nitrogens is 5. The summed E-state index contributed by atoms with van der Waals surface area (Å²) in [6.07, 6.45) is 5.35. The lowest BCUT2D eigenvalue weighted by atomic mass is 9.98. The molecule has 18 heteroatoms. The van der Waals surface area contributed by atoms with Crippen LogP contribution in [0, 0.1) is 37.4 Å². The van der Waals surface area contributed by atoms with Crippen LogP contribution in [-0.4, -0.2) is 75.9 Å². The highest BCUT2D eigenvalue weighted by Gasteiger charge is 2.27. The first kappa shape index (κ1) is 40.9. The Hall–Kier alpha value is -5.83. The summed E-state index contributed by atoms with van der Waals surface area (Å²) in [6, 6.07) is 5.91. The second kappa shape index (κ2) is 16.9. The first-order valence-corrected chi connectivity index (χ1v) is 18.5. The van der Waals surface area contributed by atoms with Crippen molar-refractivity contribution in [1.29, 1.82) is 0 Å². The number of benzene rings is 2. The average molecular weight is 768 g/mol. The summed E-state index contributed by atoms with van der Waals surface area (Å²) in [6.45, 7) is 9.96. The van der Waals surface area contributed by atoms with E-state index in [-0.39, 0.29) is 44.7 Å². The molecular formula is C36H42FN7O9S. The van der Waals surface area contributed by atoms with Crippen LogP contribution in [-0.2, 0) is 42.2 Å². The molecule has 0 aliphatic heterocycles. The molecule has 1 atom stereocenters. The molecule has 0 bridgehead atoms. The van der Waals surface area contributed by atoms with Gasteiger partial charge in [-0.3, -0.25) is 23.9 Å². The number of sulfone groups is 1. The van der Waals surface area contributed by atoms with E-state index in [0.29, 0.717) is 22.6 Å². The molecule has 2 aromatic heterocycles. The van der Waals surface area contributed by atoms with Crippen LogP contribution in [0.4, 0.5) is 10.1 Å². The molecule has 0 unspecified atom stereocenters. The number of halogens is 1. The number of aromatic amines is 2. The Balaban J connectivity index is 1.54. The highest BCUT2D eigenvalue weighted by atomic mass is 32.2. The van der Waals surface area contributed by atoms with Crippen LogP contribution in [0.25, 0.3) is 10.9 Å². The molecule has 2 aromatic carbocycles. The van der Waals surface area contributed by atoms with E-state index in [1.807, 2.05) is 12.0 Å². The van der Waals surface area contributed by atoms with Gasteiger partial charge in [-0.25, -0.2) is 32.5 Å². The van der Waals surface area contributed by atoms with Crippen molar-refractivity contribution in [3.63, 3.8) is 0 Å². The minimum atomic E-state index is -4.01. The van der Waals surface area contributed by atoms with Crippen LogP contribution in [0.15, 0.2) is 45.1 Å². The number of carbonyl (C=O) groups is 3. The second-order valence-electron chi connectivity index (χ2n) is 13.4. The number of esters is 2. The van der Waals surface area contributed by atoms with E-state index in [9.17, 15) is 32.4 Å². The maximum Gasteiger partial charge on any atom is 0.341 e. The van der Waals surface area contributed by atoms with Gasteiger partial charge in [0.1, 0.15) is 17.7 Å². The molecule has 1 amide bonds. The number of ether oxygens (including phenoxy) is 2. The minimum Gasteiger partial charge on any atom is -0.464 e. The average Bonchev–Trinajstić information content (AvgIpc) is 3.54. The molecule has 0 fully saturated rings. The number of rotatable bonds is 15. The molecule has 16 nitrogen and oxygen atoms in total. The number of nitrogens with zero attached hydrogens (tertiary/aromatic N) is 4. The number of amides is 1. The molecule has 288 valence electrons. The number of H-pyrrole nitrogens is 2. The first-order chi connectivity index (χ1) is 25.4. The second-order valence-corrected chi connectivity index (χ2v) is 15.5. The predicted octanol–water partition coefficient (Wildman–Crippen LogP) is 2.67. The van der Waals surface area contributed by atoms with Gasteiger partial charge in [-0.15, -0.1) is 11.5 Å². The van der Waals surface area contributed by atoms with Gasteiger partial charge in [-0.2, -0.15) is 0 Å². The van der Waals surface area contributed by atoms with Gasteiger partial charge >= 0.3 is 17.6 Å². The summed E-state index contributed by atoms with van der Waals surface area (Å²) in [5, 5.41) is 7.52. The third-order valence-electron chi connectivity index (χ3n) is 8.30. The Bertz CT molecular complexity index is 2340. The Kier molecular flexibility index (Phi) is 12.8. The van der Waals surface area contributed by atoms with Crippen molar-refractivity contribution in [3.8, 4) is 12.3 Å². The van der Waals surface area contributed by atoms with Crippen LogP contribution >= 0.6 is 0 Å². The molecule has 3 N–H and O–H groups in total. The van der Waals surface area contributed by atoms with E-state index in [0.717, 1.165) is 11.6 Å². The Morgan fingerprint density at radius 2 is 1.85 bits per heavy atom. The standard InChI is InChI=1S/C36H42FN7O9S/c1-8-14-43(19-23-17-26-29(16-21(23)3)38-22(4)44(31(26)46)20-53-33(48)36(5,6)7)24-12-13-25(27(37)18-24)30(45)39-28(32(47)52-9-2)11-10-15-54(50,51)35-40-34(49)41-42-35/h1,12-13,16-18,28H,9-11,14-15,19-20H2,2-7H3,(H,39,45)(H2,40,41,42,49)/t28-/m0/s1. The maximum atomic E-state index is 15.6. The summed E-state index contributed by atoms with van der Waals surface area (Å²) in [5.41, 5.74) is -0.162. The van der Waals surface area contributed by atoms with E-state index < -0.39 is 72.7 Å². The van der Waals surface area contributed by atoms with E-state index in [2.05, 4.69) is 26.3 Å². The molecule has 2 heterocycles. The summed E-state index contributed by atoms with van der Waals surface area (Å²) in [5.74, 6) is -0.808. The Morgan fingerprint density at radius 3 is 2.46 bits per heavy atom. The molecule has 0 aliphatic carbocycles. The fourth-order valence-electron chi connectivity index (χ4n) is 5.33. The minimum absolute atomic E-state index is 0.0259. The zero-order valence-electron chi connectivity index (χ0n) is 30.7. The van der Waals surface area contributed by atoms with Gasteiger partial charge in [-0.1, -0.05) is 5.92 Å². The van der Waals surface area contributed by atoms with E-state index in [4.69, 9.17) is 15.9 Å². The Labute approximate surface area is 310 Å². The monoisotopic (exact) mass is 767 g/mol. The quantitative estimate of drug-likeness (QED) is 0.118. The highest BCUT2D eigenvalue weighted by molar-refractivity contribution is 7.91. The number of fused-ring (bicyclic) bond motifs is 1. The van der Waals surface area contributed by atoms with Gasteiger partial charge in [0.25, 0.3) is 11.5 Å². The fourth-order valence-corrected chi connectivity index (χ4v) is 6.51. The lowest BCUT2D eigenvalue weighted by Gasteiger charge is -2.24. The zero-order chi connectivity index (χ0) is 40.0. The van der Waals surface area contributed by atoms with Gasteiger partial charge in [0.15, 0.2) is 6.73 Å². The van der Waals surface area contributed by atoms with Gasteiger partial charge in [-0.05, 0) is 95.8 Å². The van der Waals surface area contributed by atoms with Crippen LogP contribution in [0.5, 0.6) is 0 Å². The fraction of sp³-hybridized carbons (Fsp3) is 0.417. The highest BCUT2D eigenvalue weighted by Crippen LogP contribution is 2.24. The number of hydrogen-bond donors (Lipinski definition) is 3. The van der Waals surface area contributed by atoms with Crippen molar-refractivity contribution in [1.82, 2.24) is 30.0 Å². The van der Waals surface area contributed by atoms with Gasteiger partial charge in [0, 0.05) is 12.2 Å². The molecule has 0 saturated heterocycles. The number of nitrogens with one attached hydrogen (secondary N) is 3. The van der Waals surface area contributed by atoms with Crippen molar-refractivity contribution in [2.24, 2.45) is 5.41 Å². The van der Waals surface area contributed by atoms with Crippen LogP contribution in [0.2, 0.25) is 0 Å². The van der Waals surface area contributed by atoms with E-state index in [1.54, 1.807) is 51.7 Å². The van der Waals surface area contributed by atoms with Crippen LogP contribution in [0.3, 0.4) is 0 Å². The number of terminal acetylenes is 1. The van der Waals surface area contributed by atoms with Gasteiger partial charge in [0.2, 0.25) is 15.0 Å². The number of hydrogen-bond acceptors (Lipinski definition) is 12. The van der Waals surface area contributed by atoms with Crippen molar-refractivity contribution < 1.29 is 36.7 Å². The topological polar surface area (TPSA) is 216 Å².